The van der Waals surface area contributed by atoms with Crippen molar-refractivity contribution in [1.82, 2.24) is 14.8 Å². The van der Waals surface area contributed by atoms with Crippen molar-refractivity contribution in [2.24, 2.45) is 0 Å². The van der Waals surface area contributed by atoms with Gasteiger partial charge in [0.15, 0.2) is 5.65 Å². The summed E-state index contributed by atoms with van der Waals surface area (Å²) in [7, 11) is -0.651. The van der Waals surface area contributed by atoms with E-state index in [0.717, 1.165) is 0 Å². The number of nitrogens with zero attached hydrogens (tertiary/aromatic N) is 3. The molecular weight excluding hydrogens is 284 g/mol. The Balaban J connectivity index is 2.11. The third-order valence-electron chi connectivity index (χ3n) is 4.36. The molecule has 0 atom stereocenters. The van der Waals surface area contributed by atoms with E-state index in [1.165, 1.54) is 12.3 Å². The third-order valence-corrected chi connectivity index (χ3v) is 4.36. The molecule has 7 heteroatoms. The summed E-state index contributed by atoms with van der Waals surface area (Å²) < 4.78 is 27.3. The van der Waals surface area contributed by atoms with Crippen LogP contribution in [-0.2, 0) is 15.9 Å². The lowest BCUT2D eigenvalue weighted by Gasteiger charge is -2.32. The summed E-state index contributed by atoms with van der Waals surface area (Å²) in [4.78, 5) is 4.13. The molecule has 1 saturated heterocycles. The monoisotopic (exact) mass is 303 g/mol. The van der Waals surface area contributed by atoms with E-state index in [9.17, 15) is 4.39 Å². The molecule has 1 fully saturated rings. The normalized spacial score (nSPS) is 19.8. The number of aromatic nitrogens is 3. The predicted molar refractivity (Wildman–Crippen MR) is 83.4 cm³/mol. The van der Waals surface area contributed by atoms with Gasteiger partial charge in [0, 0.05) is 5.39 Å². The van der Waals surface area contributed by atoms with E-state index in [1.807, 2.05) is 27.7 Å². The zero-order chi connectivity index (χ0) is 16.1. The van der Waals surface area contributed by atoms with E-state index in [0.29, 0.717) is 23.2 Å². The first-order valence-corrected chi connectivity index (χ1v) is 7.24. The van der Waals surface area contributed by atoms with Crippen molar-refractivity contribution in [1.29, 1.82) is 0 Å². The van der Waals surface area contributed by atoms with Gasteiger partial charge in [-0.25, -0.2) is 14.1 Å². The number of halogens is 1. The highest BCUT2D eigenvalue weighted by Gasteiger charge is 2.53. The summed E-state index contributed by atoms with van der Waals surface area (Å²) in [5.74, 6) is -0.413. The van der Waals surface area contributed by atoms with Crippen molar-refractivity contribution in [2.75, 3.05) is 0 Å². The number of allylic oxidation sites excluding steroid dienone is 1. The van der Waals surface area contributed by atoms with Crippen LogP contribution in [0.2, 0.25) is 0 Å². The van der Waals surface area contributed by atoms with Crippen LogP contribution < -0.4 is 5.59 Å². The highest BCUT2D eigenvalue weighted by atomic mass is 19.1. The van der Waals surface area contributed by atoms with Gasteiger partial charge in [-0.1, -0.05) is 6.08 Å². The molecule has 0 N–H and O–H groups in total. The molecule has 0 amide bonds. The van der Waals surface area contributed by atoms with Crippen molar-refractivity contribution in [3.8, 4) is 0 Å². The summed E-state index contributed by atoms with van der Waals surface area (Å²) in [5.41, 5.74) is 0.174. The van der Waals surface area contributed by atoms with Gasteiger partial charge in [-0.15, -0.1) is 6.58 Å². The van der Waals surface area contributed by atoms with Crippen molar-refractivity contribution in [2.45, 2.75) is 45.4 Å². The lowest BCUT2D eigenvalue weighted by atomic mass is 9.83. The maximum absolute atomic E-state index is 13.6. The summed E-state index contributed by atoms with van der Waals surface area (Å²) >= 11 is 0. The molecule has 0 aromatic carbocycles. The van der Waals surface area contributed by atoms with Crippen molar-refractivity contribution < 1.29 is 13.7 Å². The quantitative estimate of drug-likeness (QED) is 0.643. The van der Waals surface area contributed by atoms with Crippen molar-refractivity contribution >= 4 is 23.7 Å². The van der Waals surface area contributed by atoms with E-state index >= 15 is 0 Å². The van der Waals surface area contributed by atoms with Gasteiger partial charge >= 0.3 is 7.12 Å². The van der Waals surface area contributed by atoms with Crippen LogP contribution in [0, 0.1) is 5.82 Å². The molecule has 116 valence electrons. The molecule has 0 aliphatic carbocycles. The van der Waals surface area contributed by atoms with E-state index in [2.05, 4.69) is 16.7 Å². The van der Waals surface area contributed by atoms with Gasteiger partial charge in [0.05, 0.1) is 23.9 Å². The van der Waals surface area contributed by atoms with Gasteiger partial charge in [-0.3, -0.25) is 0 Å². The fourth-order valence-electron chi connectivity index (χ4n) is 2.44. The molecule has 1 aliphatic rings. The van der Waals surface area contributed by atoms with Crippen molar-refractivity contribution in [3.63, 3.8) is 0 Å². The SMILES string of the molecule is C=CCn1nc(B2OC(C)(C)C(C)(C)O2)c2cc(F)cnc21. The second-order valence-corrected chi connectivity index (χ2v) is 6.47. The summed E-state index contributed by atoms with van der Waals surface area (Å²) in [6.07, 6.45) is 2.89. The molecule has 2 aromatic rings. The Bertz CT molecular complexity index is 726. The Morgan fingerprint density at radius 2 is 1.95 bits per heavy atom. The van der Waals surface area contributed by atoms with Gasteiger partial charge in [-0.05, 0) is 33.8 Å². The standard InChI is InChI=1S/C15H19BFN3O2/c1-6-7-20-13-11(8-10(17)9-18-13)12(19-20)16-21-14(2,3)15(4,5)22-16/h6,8-9H,1,7H2,2-5H3. The minimum absolute atomic E-state index is 0.413. The van der Waals surface area contributed by atoms with Crippen LogP contribution in [0.3, 0.4) is 0 Å². The van der Waals surface area contributed by atoms with E-state index < -0.39 is 24.1 Å². The van der Waals surface area contributed by atoms with Gasteiger partial charge < -0.3 is 9.31 Å². The molecule has 22 heavy (non-hydrogen) atoms. The summed E-state index contributed by atoms with van der Waals surface area (Å²) in [6, 6.07) is 1.41. The first kappa shape index (κ1) is 15.2. The number of hydrogen-bond donors (Lipinski definition) is 0. The predicted octanol–water partition coefficient (Wildman–Crippen LogP) is 2.06. The molecule has 3 heterocycles. The Hall–Kier alpha value is -1.73. The van der Waals surface area contributed by atoms with Crippen LogP contribution in [0.15, 0.2) is 24.9 Å². The van der Waals surface area contributed by atoms with Gasteiger partial charge in [-0.2, -0.15) is 5.10 Å². The first-order valence-electron chi connectivity index (χ1n) is 7.24. The minimum Gasteiger partial charge on any atom is -0.398 e. The van der Waals surface area contributed by atoms with E-state index in [-0.39, 0.29) is 0 Å². The van der Waals surface area contributed by atoms with Crippen LogP contribution in [0.5, 0.6) is 0 Å². The second kappa shape index (κ2) is 4.89. The lowest BCUT2D eigenvalue weighted by Crippen LogP contribution is -2.41. The summed E-state index contributed by atoms with van der Waals surface area (Å²) in [6.45, 7) is 12.1. The highest BCUT2D eigenvalue weighted by molar-refractivity contribution is 6.64. The number of fused-ring (bicyclic) bond motifs is 1. The maximum Gasteiger partial charge on any atom is 0.517 e. The Labute approximate surface area is 129 Å². The minimum atomic E-state index is -0.651. The molecule has 0 saturated carbocycles. The Kier molecular flexibility index (Phi) is 3.38. The fraction of sp³-hybridized carbons (Fsp3) is 0.467. The number of hydrogen-bond acceptors (Lipinski definition) is 4. The molecule has 0 spiro atoms. The largest absolute Gasteiger partial charge is 0.517 e. The van der Waals surface area contributed by atoms with Gasteiger partial charge in [0.25, 0.3) is 0 Å². The molecular formula is C15H19BFN3O2. The van der Waals surface area contributed by atoms with Gasteiger partial charge in [0.1, 0.15) is 11.4 Å². The zero-order valence-corrected chi connectivity index (χ0v) is 13.3. The highest BCUT2D eigenvalue weighted by Crippen LogP contribution is 2.36. The first-order chi connectivity index (χ1) is 10.2. The van der Waals surface area contributed by atoms with Crippen LogP contribution in [0.1, 0.15) is 27.7 Å². The van der Waals surface area contributed by atoms with Crippen LogP contribution in [-0.4, -0.2) is 33.1 Å². The molecule has 0 bridgehead atoms. The van der Waals surface area contributed by atoms with Crippen LogP contribution >= 0.6 is 0 Å². The van der Waals surface area contributed by atoms with Crippen LogP contribution in [0.4, 0.5) is 4.39 Å². The molecule has 2 aromatic heterocycles. The average molecular weight is 303 g/mol. The van der Waals surface area contributed by atoms with Gasteiger partial charge in [0.2, 0.25) is 0 Å². The molecule has 1 aliphatic heterocycles. The summed E-state index contributed by atoms with van der Waals surface area (Å²) in [5, 5.41) is 5.10. The number of pyridine rings is 1. The molecule has 0 radical (unpaired) electrons. The molecule has 0 unspecified atom stereocenters. The molecule has 5 nitrogen and oxygen atoms in total. The maximum atomic E-state index is 13.6. The zero-order valence-electron chi connectivity index (χ0n) is 13.3. The topological polar surface area (TPSA) is 49.2 Å². The second-order valence-electron chi connectivity index (χ2n) is 6.47. The van der Waals surface area contributed by atoms with Crippen molar-refractivity contribution in [3.05, 3.63) is 30.7 Å². The van der Waals surface area contributed by atoms with E-state index in [1.54, 1.807) is 10.8 Å². The average Bonchev–Trinajstić information content (AvgIpc) is 2.85. The third kappa shape index (κ3) is 2.25. The van der Waals surface area contributed by atoms with Crippen LogP contribution in [0.25, 0.3) is 11.0 Å². The molecule has 3 rings (SSSR count). The fourth-order valence-corrected chi connectivity index (χ4v) is 2.44. The Morgan fingerprint density at radius 3 is 2.55 bits per heavy atom. The number of rotatable bonds is 3. The smallest absolute Gasteiger partial charge is 0.398 e. The van der Waals surface area contributed by atoms with E-state index in [4.69, 9.17) is 9.31 Å². The lowest BCUT2D eigenvalue weighted by molar-refractivity contribution is 0.00578. The Morgan fingerprint density at radius 1 is 1.32 bits per heavy atom.